The Balaban J connectivity index is 2.18. The molecule has 3 aromatic carbocycles. The van der Waals surface area contributed by atoms with E-state index < -0.39 is 28.5 Å². The maximum atomic E-state index is 14.4. The van der Waals surface area contributed by atoms with Gasteiger partial charge in [-0.05, 0) is 42.7 Å². The molecule has 0 fully saturated rings. The van der Waals surface area contributed by atoms with E-state index in [2.05, 4.69) is 5.32 Å². The average molecular weight is 628 g/mol. The Kier molecular flexibility index (Phi) is 12.3. The number of nitrogens with zero attached hydrogens (tertiary/aromatic N) is 2. The zero-order chi connectivity index (χ0) is 32.3. The minimum atomic E-state index is -4.42. The van der Waals surface area contributed by atoms with Crippen LogP contribution in [0.2, 0.25) is 0 Å². The summed E-state index contributed by atoms with van der Waals surface area (Å²) < 4.78 is 51.3. The fourth-order valence-corrected chi connectivity index (χ4v) is 6.11. The van der Waals surface area contributed by atoms with Gasteiger partial charge < -0.3 is 29.2 Å². The number of nitrogens with one attached hydrogen (secondary N) is 1. The third-order valence-corrected chi connectivity index (χ3v) is 8.76. The summed E-state index contributed by atoms with van der Waals surface area (Å²) in [7, 11) is 1.28. The summed E-state index contributed by atoms with van der Waals surface area (Å²) in [5.74, 6) is 0.193. The van der Waals surface area contributed by atoms with Crippen LogP contribution in [0.15, 0.2) is 71.6 Å². The van der Waals surface area contributed by atoms with Crippen LogP contribution in [0.25, 0.3) is 0 Å². The molecule has 0 aromatic heterocycles. The minimum Gasteiger partial charge on any atom is -0.497 e. The molecule has 0 heterocycles. The molecule has 0 aliphatic carbocycles. The standard InChI is InChI=1S/C32H41N3O8S/c1-7-18-33-32(37)26(8-2)34(21-23-12-10-9-11-13-23)31(36)22-35(27-19-24(40-3)14-16-28(27)41-4)44(38,39)25-15-17-29(42-5)30(20-25)43-6/h9-17,19-20,26H,7-8,18,21-22H2,1-6H3,(H,33,37)/t26-/m0/s1. The Labute approximate surface area is 259 Å². The maximum absolute atomic E-state index is 14.4. The van der Waals surface area contributed by atoms with Gasteiger partial charge in [-0.1, -0.05) is 44.2 Å². The van der Waals surface area contributed by atoms with E-state index in [1.54, 1.807) is 12.1 Å². The molecular weight excluding hydrogens is 586 g/mol. The molecule has 0 aliphatic heterocycles. The van der Waals surface area contributed by atoms with Crippen molar-refractivity contribution in [1.82, 2.24) is 10.2 Å². The van der Waals surface area contributed by atoms with Crippen LogP contribution >= 0.6 is 0 Å². The minimum absolute atomic E-state index is 0.0816. The third-order valence-electron chi connectivity index (χ3n) is 7.01. The number of hydrogen-bond acceptors (Lipinski definition) is 8. The zero-order valence-corrected chi connectivity index (χ0v) is 26.8. The number of rotatable bonds is 16. The molecule has 44 heavy (non-hydrogen) atoms. The Morgan fingerprint density at radius 2 is 1.48 bits per heavy atom. The first-order valence-corrected chi connectivity index (χ1v) is 15.7. The summed E-state index contributed by atoms with van der Waals surface area (Å²) in [6, 6.07) is 17.2. The van der Waals surface area contributed by atoms with Gasteiger partial charge in [-0.2, -0.15) is 0 Å². The van der Waals surface area contributed by atoms with Gasteiger partial charge in [0.05, 0.1) is 39.0 Å². The summed E-state index contributed by atoms with van der Waals surface area (Å²) in [6.45, 7) is 3.66. The topological polar surface area (TPSA) is 124 Å². The van der Waals surface area contributed by atoms with Crippen molar-refractivity contribution in [2.45, 2.75) is 44.2 Å². The largest absolute Gasteiger partial charge is 0.497 e. The van der Waals surface area contributed by atoms with Crippen LogP contribution in [0.3, 0.4) is 0 Å². The average Bonchev–Trinajstić information content (AvgIpc) is 3.05. The van der Waals surface area contributed by atoms with Crippen molar-refractivity contribution in [3.05, 3.63) is 72.3 Å². The van der Waals surface area contributed by atoms with E-state index in [1.807, 2.05) is 44.2 Å². The summed E-state index contributed by atoms with van der Waals surface area (Å²) in [4.78, 5) is 28.8. The lowest BCUT2D eigenvalue weighted by atomic mass is 10.1. The van der Waals surface area contributed by atoms with Crippen molar-refractivity contribution in [3.63, 3.8) is 0 Å². The number of methoxy groups -OCH3 is 4. The summed E-state index contributed by atoms with van der Waals surface area (Å²) >= 11 is 0. The molecule has 2 amide bonds. The van der Waals surface area contributed by atoms with Crippen LogP contribution < -0.4 is 28.6 Å². The van der Waals surface area contributed by atoms with Gasteiger partial charge in [-0.15, -0.1) is 0 Å². The molecule has 0 bridgehead atoms. The first-order valence-electron chi connectivity index (χ1n) is 14.2. The second kappa shape index (κ2) is 15.9. The molecule has 1 N–H and O–H groups in total. The molecule has 11 nitrogen and oxygen atoms in total. The molecule has 0 saturated heterocycles. The highest BCUT2D eigenvalue weighted by molar-refractivity contribution is 7.92. The van der Waals surface area contributed by atoms with E-state index >= 15 is 0 Å². The molecule has 0 aliphatic rings. The number of anilines is 1. The van der Waals surface area contributed by atoms with Crippen molar-refractivity contribution < 1.29 is 37.0 Å². The quantitative estimate of drug-likeness (QED) is 0.250. The van der Waals surface area contributed by atoms with Gasteiger partial charge in [-0.3, -0.25) is 13.9 Å². The Hall–Kier alpha value is -4.45. The van der Waals surface area contributed by atoms with Crippen LogP contribution in [0, 0.1) is 0 Å². The monoisotopic (exact) mass is 627 g/mol. The predicted octanol–water partition coefficient (Wildman–Crippen LogP) is 4.25. The van der Waals surface area contributed by atoms with E-state index in [9.17, 15) is 18.0 Å². The molecule has 3 aromatic rings. The number of carbonyl (C=O) groups is 2. The molecular formula is C32H41N3O8S. The van der Waals surface area contributed by atoms with Gasteiger partial charge in [0.25, 0.3) is 10.0 Å². The van der Waals surface area contributed by atoms with Gasteiger partial charge >= 0.3 is 0 Å². The smallest absolute Gasteiger partial charge is 0.265 e. The first-order chi connectivity index (χ1) is 21.1. The number of benzene rings is 3. The Morgan fingerprint density at radius 3 is 2.07 bits per heavy atom. The first kappa shape index (κ1) is 34.0. The summed E-state index contributed by atoms with van der Waals surface area (Å²) in [5, 5.41) is 2.88. The molecule has 238 valence electrons. The highest BCUT2D eigenvalue weighted by Gasteiger charge is 2.35. The Morgan fingerprint density at radius 1 is 0.818 bits per heavy atom. The number of amides is 2. The molecule has 0 unspecified atom stereocenters. The van der Waals surface area contributed by atoms with Crippen molar-refractivity contribution in [2.75, 3.05) is 45.8 Å². The maximum Gasteiger partial charge on any atom is 0.265 e. The lowest BCUT2D eigenvalue weighted by Crippen LogP contribution is -2.52. The van der Waals surface area contributed by atoms with Gasteiger partial charge in [0.15, 0.2) is 11.5 Å². The molecule has 12 heteroatoms. The van der Waals surface area contributed by atoms with E-state index in [0.29, 0.717) is 24.5 Å². The molecule has 0 radical (unpaired) electrons. The number of ether oxygens (including phenoxy) is 4. The molecule has 0 spiro atoms. The summed E-state index contributed by atoms with van der Waals surface area (Å²) in [5.41, 5.74) is 0.869. The van der Waals surface area contributed by atoms with Crippen LogP contribution in [0.1, 0.15) is 32.3 Å². The fourth-order valence-electron chi connectivity index (χ4n) is 4.67. The highest BCUT2D eigenvalue weighted by atomic mass is 32.2. The van der Waals surface area contributed by atoms with Gasteiger partial charge in [0, 0.05) is 25.2 Å². The number of hydrogen-bond donors (Lipinski definition) is 1. The zero-order valence-electron chi connectivity index (χ0n) is 26.0. The lowest BCUT2D eigenvalue weighted by Gasteiger charge is -2.33. The van der Waals surface area contributed by atoms with Crippen molar-refractivity contribution in [2.24, 2.45) is 0 Å². The van der Waals surface area contributed by atoms with Crippen LogP contribution in [0.5, 0.6) is 23.0 Å². The van der Waals surface area contributed by atoms with Crippen molar-refractivity contribution >= 4 is 27.5 Å². The number of carbonyl (C=O) groups excluding carboxylic acids is 2. The highest BCUT2D eigenvalue weighted by Crippen LogP contribution is 2.37. The fraction of sp³-hybridized carbons (Fsp3) is 0.375. The third kappa shape index (κ3) is 7.93. The van der Waals surface area contributed by atoms with Crippen LogP contribution in [0.4, 0.5) is 5.69 Å². The van der Waals surface area contributed by atoms with E-state index in [4.69, 9.17) is 18.9 Å². The second-order valence-electron chi connectivity index (χ2n) is 9.79. The molecule has 3 rings (SSSR count). The second-order valence-corrected chi connectivity index (χ2v) is 11.7. The van der Waals surface area contributed by atoms with Crippen LogP contribution in [-0.4, -0.2) is 72.7 Å². The molecule has 0 saturated carbocycles. The Bertz CT molecular complexity index is 1520. The van der Waals surface area contributed by atoms with Crippen molar-refractivity contribution in [1.29, 1.82) is 0 Å². The SMILES string of the molecule is CCCNC(=O)[C@H](CC)N(Cc1ccccc1)C(=O)CN(c1cc(OC)ccc1OC)S(=O)(=O)c1ccc(OC)c(OC)c1. The normalized spacial score (nSPS) is 11.7. The van der Waals surface area contributed by atoms with E-state index in [1.165, 1.54) is 57.6 Å². The van der Waals surface area contributed by atoms with Gasteiger partial charge in [-0.25, -0.2) is 8.42 Å². The van der Waals surface area contributed by atoms with E-state index in [0.717, 1.165) is 16.3 Å². The van der Waals surface area contributed by atoms with Crippen molar-refractivity contribution in [3.8, 4) is 23.0 Å². The van der Waals surface area contributed by atoms with Gasteiger partial charge in [0.2, 0.25) is 11.8 Å². The number of sulfonamides is 1. The van der Waals surface area contributed by atoms with Crippen LogP contribution in [-0.2, 0) is 26.2 Å². The predicted molar refractivity (Wildman–Crippen MR) is 168 cm³/mol. The molecule has 1 atom stereocenters. The summed E-state index contributed by atoms with van der Waals surface area (Å²) in [6.07, 6.45) is 1.04. The van der Waals surface area contributed by atoms with E-state index in [-0.39, 0.29) is 34.5 Å². The lowest BCUT2D eigenvalue weighted by molar-refractivity contribution is -0.140. The van der Waals surface area contributed by atoms with Gasteiger partial charge in [0.1, 0.15) is 24.1 Å².